The van der Waals surface area contributed by atoms with Gasteiger partial charge in [-0.1, -0.05) is 12.1 Å². The molecule has 1 N–H and O–H groups in total. The zero-order valence-corrected chi connectivity index (χ0v) is 13.5. The van der Waals surface area contributed by atoms with E-state index in [1.807, 2.05) is 29.2 Å². The third-order valence-corrected chi connectivity index (χ3v) is 5.09. The fourth-order valence-corrected chi connectivity index (χ4v) is 4.05. The minimum atomic E-state index is -0.299. The highest BCUT2D eigenvalue weighted by Crippen LogP contribution is 2.34. The lowest BCUT2D eigenvalue weighted by atomic mass is 10.1. The molecule has 4 rings (SSSR count). The quantitative estimate of drug-likeness (QED) is 0.935. The van der Waals surface area contributed by atoms with Crippen LogP contribution in [0.25, 0.3) is 0 Å². The molecule has 5 heteroatoms. The number of nitrogens with one attached hydrogen (secondary N) is 1. The standard InChI is InChI=1S/C19H19FN2O2/c1-24-17-7-3-2-5-15(17)18-21-12-4-6-16(21)19(23)22(18)14-10-8-13(20)9-11-14/h2-3,5,7-11,16,18H,4,6,12H2,1H3/p+1. The maximum atomic E-state index is 13.3. The van der Waals surface area contributed by atoms with Crippen LogP contribution in [0.2, 0.25) is 0 Å². The number of methoxy groups -OCH3 is 1. The fourth-order valence-electron chi connectivity index (χ4n) is 4.05. The maximum absolute atomic E-state index is 13.3. The van der Waals surface area contributed by atoms with Crippen LogP contribution < -0.4 is 14.5 Å². The van der Waals surface area contributed by atoms with Crippen molar-refractivity contribution in [1.82, 2.24) is 0 Å². The van der Waals surface area contributed by atoms with E-state index in [2.05, 4.69) is 0 Å². The molecular weight excluding hydrogens is 307 g/mol. The first-order valence-corrected chi connectivity index (χ1v) is 8.28. The lowest BCUT2D eigenvalue weighted by Crippen LogP contribution is -3.12. The van der Waals surface area contributed by atoms with E-state index < -0.39 is 0 Å². The summed E-state index contributed by atoms with van der Waals surface area (Å²) >= 11 is 0. The van der Waals surface area contributed by atoms with Crippen LogP contribution in [0.5, 0.6) is 5.75 Å². The number of carbonyl (C=O) groups is 1. The minimum Gasteiger partial charge on any atom is -0.496 e. The summed E-state index contributed by atoms with van der Waals surface area (Å²) < 4.78 is 18.8. The highest BCUT2D eigenvalue weighted by molar-refractivity contribution is 5.98. The zero-order chi connectivity index (χ0) is 16.7. The molecule has 2 aliphatic heterocycles. The number of para-hydroxylation sites is 1. The molecule has 2 aromatic rings. The Balaban J connectivity index is 1.83. The van der Waals surface area contributed by atoms with Crippen molar-refractivity contribution >= 4 is 11.6 Å². The molecule has 1 amide bonds. The molecule has 3 atom stereocenters. The lowest BCUT2D eigenvalue weighted by molar-refractivity contribution is -0.924. The van der Waals surface area contributed by atoms with Gasteiger partial charge in [-0.2, -0.15) is 0 Å². The summed E-state index contributed by atoms with van der Waals surface area (Å²) in [4.78, 5) is 16.1. The summed E-state index contributed by atoms with van der Waals surface area (Å²) in [5, 5.41) is 0. The van der Waals surface area contributed by atoms with E-state index >= 15 is 0 Å². The van der Waals surface area contributed by atoms with Crippen LogP contribution >= 0.6 is 0 Å². The van der Waals surface area contributed by atoms with Crippen molar-refractivity contribution in [2.75, 3.05) is 18.6 Å². The number of benzene rings is 2. The summed E-state index contributed by atoms with van der Waals surface area (Å²) in [6, 6.07) is 14.0. The second-order valence-corrected chi connectivity index (χ2v) is 6.35. The Bertz CT molecular complexity index is 762. The van der Waals surface area contributed by atoms with Crippen LogP contribution in [0.3, 0.4) is 0 Å². The average Bonchev–Trinajstić information content (AvgIpc) is 3.18. The summed E-state index contributed by atoms with van der Waals surface area (Å²) in [6.45, 7) is 0.955. The molecule has 3 unspecified atom stereocenters. The van der Waals surface area contributed by atoms with Gasteiger partial charge in [-0.25, -0.2) is 4.39 Å². The van der Waals surface area contributed by atoms with Gasteiger partial charge in [0.05, 0.1) is 24.9 Å². The maximum Gasteiger partial charge on any atom is 0.290 e. The number of carbonyl (C=O) groups excluding carboxylic acids is 1. The van der Waals surface area contributed by atoms with Gasteiger partial charge in [-0.3, -0.25) is 9.69 Å². The monoisotopic (exact) mass is 327 g/mol. The van der Waals surface area contributed by atoms with Crippen molar-refractivity contribution < 1.29 is 18.8 Å². The summed E-state index contributed by atoms with van der Waals surface area (Å²) in [5.41, 5.74) is 1.73. The van der Waals surface area contributed by atoms with Crippen LogP contribution in [0, 0.1) is 5.82 Å². The molecule has 0 saturated carbocycles. The Kier molecular flexibility index (Phi) is 3.73. The number of hydrogen-bond acceptors (Lipinski definition) is 2. The first kappa shape index (κ1) is 15.1. The Labute approximate surface area is 140 Å². The van der Waals surface area contributed by atoms with Gasteiger partial charge in [0.2, 0.25) is 6.17 Å². The van der Waals surface area contributed by atoms with E-state index in [0.29, 0.717) is 0 Å². The Morgan fingerprint density at radius 2 is 1.92 bits per heavy atom. The SMILES string of the molecule is COc1ccccc1C1N(c2ccc(F)cc2)C(=O)C2CCC[NH+]21. The molecule has 2 aromatic carbocycles. The first-order chi connectivity index (χ1) is 11.7. The molecule has 0 radical (unpaired) electrons. The van der Waals surface area contributed by atoms with Gasteiger partial charge < -0.3 is 9.64 Å². The van der Waals surface area contributed by atoms with Crippen molar-refractivity contribution in [2.45, 2.75) is 25.0 Å². The van der Waals surface area contributed by atoms with Crippen LogP contribution in [-0.2, 0) is 4.79 Å². The number of ether oxygens (including phenoxy) is 1. The van der Waals surface area contributed by atoms with Crippen LogP contribution in [-0.4, -0.2) is 25.6 Å². The first-order valence-electron chi connectivity index (χ1n) is 8.28. The number of nitrogens with zero attached hydrogens (tertiary/aromatic N) is 1. The second kappa shape index (κ2) is 5.91. The second-order valence-electron chi connectivity index (χ2n) is 6.35. The predicted octanol–water partition coefficient (Wildman–Crippen LogP) is 1.93. The van der Waals surface area contributed by atoms with Crippen molar-refractivity contribution in [3.8, 4) is 5.75 Å². The molecule has 0 spiro atoms. The lowest BCUT2D eigenvalue weighted by Gasteiger charge is -2.27. The van der Waals surface area contributed by atoms with Gasteiger partial charge >= 0.3 is 0 Å². The number of amides is 1. The molecular formula is C19H20FN2O2+. The topological polar surface area (TPSA) is 34.0 Å². The highest BCUT2D eigenvalue weighted by atomic mass is 19.1. The van der Waals surface area contributed by atoms with Gasteiger partial charge in [-0.15, -0.1) is 0 Å². The normalized spacial score (nSPS) is 25.8. The predicted molar refractivity (Wildman–Crippen MR) is 88.5 cm³/mol. The van der Waals surface area contributed by atoms with Crippen molar-refractivity contribution in [1.29, 1.82) is 0 Å². The van der Waals surface area contributed by atoms with Crippen LogP contribution in [0.15, 0.2) is 48.5 Å². The molecule has 0 aliphatic carbocycles. The highest BCUT2D eigenvalue weighted by Gasteiger charge is 2.54. The number of halogens is 1. The van der Waals surface area contributed by atoms with E-state index in [4.69, 9.17) is 4.74 Å². The zero-order valence-electron chi connectivity index (χ0n) is 13.5. The van der Waals surface area contributed by atoms with Crippen molar-refractivity contribution in [3.63, 3.8) is 0 Å². The van der Waals surface area contributed by atoms with E-state index in [-0.39, 0.29) is 23.9 Å². The Morgan fingerprint density at radius 3 is 2.67 bits per heavy atom. The third-order valence-electron chi connectivity index (χ3n) is 5.09. The molecule has 2 fully saturated rings. The molecule has 2 saturated heterocycles. The summed E-state index contributed by atoms with van der Waals surface area (Å²) in [5.74, 6) is 0.597. The van der Waals surface area contributed by atoms with Crippen LogP contribution in [0.4, 0.5) is 10.1 Å². The molecule has 0 aromatic heterocycles. The largest absolute Gasteiger partial charge is 0.496 e. The minimum absolute atomic E-state index is 0.0232. The molecule has 24 heavy (non-hydrogen) atoms. The van der Waals surface area contributed by atoms with E-state index in [0.717, 1.165) is 36.4 Å². The number of anilines is 1. The van der Waals surface area contributed by atoms with E-state index in [1.54, 1.807) is 19.2 Å². The third kappa shape index (κ3) is 2.27. The number of hydrogen-bond donors (Lipinski definition) is 1. The van der Waals surface area contributed by atoms with E-state index in [1.165, 1.54) is 17.0 Å². The number of quaternary nitrogens is 1. The van der Waals surface area contributed by atoms with Gasteiger partial charge in [-0.05, 0) is 36.4 Å². The van der Waals surface area contributed by atoms with Crippen molar-refractivity contribution in [3.05, 3.63) is 59.9 Å². The summed E-state index contributed by atoms with van der Waals surface area (Å²) in [7, 11) is 1.65. The molecule has 4 nitrogen and oxygen atoms in total. The Morgan fingerprint density at radius 1 is 1.17 bits per heavy atom. The fraction of sp³-hybridized carbons (Fsp3) is 0.316. The van der Waals surface area contributed by atoms with E-state index in [9.17, 15) is 9.18 Å². The average molecular weight is 327 g/mol. The number of rotatable bonds is 3. The molecule has 2 aliphatic rings. The van der Waals surface area contributed by atoms with Gasteiger partial charge in [0.15, 0.2) is 6.04 Å². The Hall–Kier alpha value is -2.40. The summed E-state index contributed by atoms with van der Waals surface area (Å²) in [6.07, 6.45) is 1.82. The van der Waals surface area contributed by atoms with Crippen LogP contribution in [0.1, 0.15) is 24.6 Å². The molecule has 0 bridgehead atoms. The van der Waals surface area contributed by atoms with Gasteiger partial charge in [0.1, 0.15) is 11.6 Å². The number of fused-ring (bicyclic) bond motifs is 1. The molecule has 2 heterocycles. The van der Waals surface area contributed by atoms with Gasteiger partial charge in [0.25, 0.3) is 5.91 Å². The smallest absolute Gasteiger partial charge is 0.290 e. The van der Waals surface area contributed by atoms with Crippen molar-refractivity contribution in [2.24, 2.45) is 0 Å². The van der Waals surface area contributed by atoms with Gasteiger partial charge in [0, 0.05) is 12.8 Å². The molecule has 124 valence electrons.